The molecule has 0 N–H and O–H groups in total. The van der Waals surface area contributed by atoms with Crippen LogP contribution in [-0.4, -0.2) is 0 Å². The molecule has 0 spiro atoms. The van der Waals surface area contributed by atoms with Crippen LogP contribution in [0.2, 0.25) is 0 Å². The van der Waals surface area contributed by atoms with E-state index in [-0.39, 0.29) is 56.4 Å². The Hall–Kier alpha value is -0.487. The SMILES string of the molecule is CC(C)(C)c1ccc(-c2cccc3[cH-]ccc23)cc1.Cl.Cl.[Zr]. The van der Waals surface area contributed by atoms with Gasteiger partial charge >= 0.3 is 0 Å². The van der Waals surface area contributed by atoms with Crippen LogP contribution in [0, 0.1) is 0 Å². The fourth-order valence-corrected chi connectivity index (χ4v) is 2.56. The van der Waals surface area contributed by atoms with Crippen molar-refractivity contribution in [1.82, 2.24) is 0 Å². The second kappa shape index (κ2) is 8.39. The first-order valence-electron chi connectivity index (χ1n) is 6.81. The minimum atomic E-state index is 0. The molecule has 0 heterocycles. The fraction of sp³-hybridized carbons (Fsp3) is 0.211. The zero-order chi connectivity index (χ0) is 13.5. The van der Waals surface area contributed by atoms with Crippen LogP contribution in [0.15, 0.2) is 60.7 Å². The first-order valence-corrected chi connectivity index (χ1v) is 6.81. The zero-order valence-electron chi connectivity index (χ0n) is 13.1. The Morgan fingerprint density at radius 2 is 1.45 bits per heavy atom. The van der Waals surface area contributed by atoms with Crippen molar-refractivity contribution < 1.29 is 26.2 Å². The molecule has 0 atom stereocenters. The molecule has 0 radical (unpaired) electrons. The van der Waals surface area contributed by atoms with Crippen molar-refractivity contribution in [3.8, 4) is 11.1 Å². The van der Waals surface area contributed by atoms with Gasteiger partial charge in [0.05, 0.1) is 0 Å². The first-order chi connectivity index (χ1) is 9.05. The van der Waals surface area contributed by atoms with Crippen LogP contribution in [0.25, 0.3) is 21.9 Å². The van der Waals surface area contributed by atoms with Crippen molar-refractivity contribution in [2.75, 3.05) is 0 Å². The topological polar surface area (TPSA) is 0 Å². The Bertz CT molecular complexity index is 706. The summed E-state index contributed by atoms with van der Waals surface area (Å²) in [6.07, 6.45) is 0. The van der Waals surface area contributed by atoms with Gasteiger partial charge in [0.2, 0.25) is 0 Å². The second-order valence-corrected chi connectivity index (χ2v) is 6.16. The molecule has 0 aromatic heterocycles. The summed E-state index contributed by atoms with van der Waals surface area (Å²) in [6, 6.07) is 22.0. The van der Waals surface area contributed by atoms with Crippen molar-refractivity contribution in [2.45, 2.75) is 26.2 Å². The maximum atomic E-state index is 2.25. The number of benzene rings is 2. The van der Waals surface area contributed by atoms with Crippen molar-refractivity contribution in [3.05, 3.63) is 66.2 Å². The number of hydrogen-bond donors (Lipinski definition) is 0. The third kappa shape index (κ3) is 4.28. The summed E-state index contributed by atoms with van der Waals surface area (Å²) in [4.78, 5) is 0. The predicted molar refractivity (Wildman–Crippen MR) is 98.2 cm³/mol. The summed E-state index contributed by atoms with van der Waals surface area (Å²) in [6.45, 7) is 6.75. The number of rotatable bonds is 1. The Morgan fingerprint density at radius 1 is 0.818 bits per heavy atom. The molecule has 0 aliphatic heterocycles. The van der Waals surface area contributed by atoms with E-state index in [1.165, 1.54) is 27.5 Å². The van der Waals surface area contributed by atoms with E-state index in [1.54, 1.807) is 0 Å². The van der Waals surface area contributed by atoms with Gasteiger partial charge in [-0.25, -0.2) is 0 Å². The Kier molecular flexibility index (Phi) is 8.20. The number of hydrogen-bond acceptors (Lipinski definition) is 0. The molecule has 3 aromatic carbocycles. The molecule has 22 heavy (non-hydrogen) atoms. The molecule has 0 amide bonds. The van der Waals surface area contributed by atoms with Gasteiger partial charge in [-0.15, -0.1) is 53.8 Å². The van der Waals surface area contributed by atoms with Gasteiger partial charge in [0.1, 0.15) is 0 Å². The summed E-state index contributed by atoms with van der Waals surface area (Å²) < 4.78 is 0. The molecule has 3 rings (SSSR count). The van der Waals surface area contributed by atoms with Crippen molar-refractivity contribution >= 4 is 35.6 Å². The van der Waals surface area contributed by atoms with Gasteiger partial charge in [-0.05, 0) is 16.5 Å². The largest absolute Gasteiger partial charge is 0.168 e. The van der Waals surface area contributed by atoms with E-state index >= 15 is 0 Å². The minimum Gasteiger partial charge on any atom is -0.168 e. The third-order valence-electron chi connectivity index (χ3n) is 3.74. The molecule has 0 saturated heterocycles. The number of fused-ring (bicyclic) bond motifs is 1. The molecule has 0 saturated carbocycles. The Balaban J connectivity index is 0.00000147. The van der Waals surface area contributed by atoms with Crippen LogP contribution in [0.1, 0.15) is 26.3 Å². The van der Waals surface area contributed by atoms with Crippen LogP contribution in [0.5, 0.6) is 0 Å². The van der Waals surface area contributed by atoms with E-state index in [4.69, 9.17) is 0 Å². The molecule has 116 valence electrons. The first kappa shape index (κ1) is 21.5. The minimum absolute atomic E-state index is 0. The van der Waals surface area contributed by atoms with E-state index in [0.29, 0.717) is 0 Å². The molecule has 3 heteroatoms. The molecule has 0 fully saturated rings. The molecule has 3 aromatic rings. The maximum absolute atomic E-state index is 2.25. The van der Waals surface area contributed by atoms with E-state index in [0.717, 1.165) is 0 Å². The standard InChI is InChI=1S/C19H19.2ClH.Zr/c1-19(2,3)16-12-10-15(11-13-16)18-9-5-7-14-6-4-8-17(14)18;;;/h4-13H,1-3H3;2*1H;/q-1;;;. The van der Waals surface area contributed by atoms with Gasteiger partial charge in [-0.2, -0.15) is 12.1 Å². The maximum Gasteiger partial charge on any atom is 0 e. The molecular formula is C19H21Cl2Zr-. The number of halogens is 2. The van der Waals surface area contributed by atoms with Crippen LogP contribution in [-0.2, 0) is 31.6 Å². The molecule has 0 bridgehead atoms. The molecule has 0 unspecified atom stereocenters. The van der Waals surface area contributed by atoms with E-state index in [1.807, 2.05) is 0 Å². The van der Waals surface area contributed by atoms with Crippen molar-refractivity contribution in [1.29, 1.82) is 0 Å². The Morgan fingerprint density at radius 3 is 2.05 bits per heavy atom. The third-order valence-corrected chi connectivity index (χ3v) is 3.74. The summed E-state index contributed by atoms with van der Waals surface area (Å²) >= 11 is 0. The van der Waals surface area contributed by atoms with Crippen LogP contribution < -0.4 is 0 Å². The van der Waals surface area contributed by atoms with Gasteiger partial charge < -0.3 is 0 Å². The van der Waals surface area contributed by atoms with Gasteiger partial charge in [0, 0.05) is 26.2 Å². The van der Waals surface area contributed by atoms with Crippen LogP contribution in [0.3, 0.4) is 0 Å². The van der Waals surface area contributed by atoms with Gasteiger partial charge in [0.15, 0.2) is 0 Å². The van der Waals surface area contributed by atoms with Crippen molar-refractivity contribution in [2.24, 2.45) is 0 Å². The summed E-state index contributed by atoms with van der Waals surface area (Å²) in [5.41, 5.74) is 4.21. The van der Waals surface area contributed by atoms with E-state index in [2.05, 4.69) is 81.4 Å². The summed E-state index contributed by atoms with van der Waals surface area (Å²) in [5, 5.41) is 2.66. The van der Waals surface area contributed by atoms with Crippen LogP contribution >= 0.6 is 24.8 Å². The zero-order valence-corrected chi connectivity index (χ0v) is 17.2. The smallest absolute Gasteiger partial charge is 0 e. The van der Waals surface area contributed by atoms with Gasteiger partial charge in [0.25, 0.3) is 0 Å². The molecule has 0 aliphatic carbocycles. The van der Waals surface area contributed by atoms with E-state index in [9.17, 15) is 0 Å². The van der Waals surface area contributed by atoms with Gasteiger partial charge in [-0.3, -0.25) is 0 Å². The monoisotopic (exact) mass is 409 g/mol. The summed E-state index contributed by atoms with van der Waals surface area (Å²) in [7, 11) is 0. The average Bonchev–Trinajstić information content (AvgIpc) is 2.86. The van der Waals surface area contributed by atoms with Crippen molar-refractivity contribution in [3.63, 3.8) is 0 Å². The normalized spacial score (nSPS) is 10.3. The quantitative estimate of drug-likeness (QED) is 0.409. The van der Waals surface area contributed by atoms with E-state index < -0.39 is 0 Å². The fourth-order valence-electron chi connectivity index (χ4n) is 2.56. The molecular weight excluding hydrogens is 390 g/mol. The average molecular weight is 412 g/mol. The predicted octanol–water partition coefficient (Wildman–Crippen LogP) is 6.36. The molecule has 0 nitrogen and oxygen atoms in total. The Labute approximate surface area is 164 Å². The second-order valence-electron chi connectivity index (χ2n) is 6.16. The summed E-state index contributed by atoms with van der Waals surface area (Å²) in [5.74, 6) is 0. The van der Waals surface area contributed by atoms with Gasteiger partial charge in [-0.1, -0.05) is 56.7 Å². The van der Waals surface area contributed by atoms with Crippen LogP contribution in [0.4, 0.5) is 0 Å². The molecule has 0 aliphatic rings.